The molecule has 0 spiro atoms. The zero-order chi connectivity index (χ0) is 18.1. The first kappa shape index (κ1) is 16.8. The van der Waals surface area contributed by atoms with Crippen LogP contribution in [-0.2, 0) is 6.42 Å². The van der Waals surface area contributed by atoms with Crippen LogP contribution in [0.1, 0.15) is 22.0 Å². The third-order valence-electron chi connectivity index (χ3n) is 3.64. The standard InChI is InChI=1S/C18H11ClF2N4S/c19-13-4-1-11(2-5-13)3-6-17-24-25-16(22-23-18(25)26-17)9-12-7-14(20)10-15(21)8-12/h1-8,10H,9H2/b6-3+. The molecular formula is C18H11ClF2N4S. The summed E-state index contributed by atoms with van der Waals surface area (Å²) in [4.78, 5) is 0.618. The van der Waals surface area contributed by atoms with E-state index in [1.165, 1.54) is 23.5 Å². The van der Waals surface area contributed by atoms with Gasteiger partial charge in [0.2, 0.25) is 4.96 Å². The molecule has 0 amide bonds. The van der Waals surface area contributed by atoms with Gasteiger partial charge < -0.3 is 0 Å². The van der Waals surface area contributed by atoms with Crippen molar-refractivity contribution in [3.63, 3.8) is 0 Å². The predicted molar refractivity (Wildman–Crippen MR) is 98.2 cm³/mol. The topological polar surface area (TPSA) is 43.1 Å². The molecular weight excluding hydrogens is 378 g/mol. The Balaban J connectivity index is 1.59. The van der Waals surface area contributed by atoms with Gasteiger partial charge in [0.05, 0.1) is 0 Å². The van der Waals surface area contributed by atoms with Crippen molar-refractivity contribution < 1.29 is 8.78 Å². The van der Waals surface area contributed by atoms with Gasteiger partial charge in [-0.2, -0.15) is 9.61 Å². The smallest absolute Gasteiger partial charge is 0.207 e. The fourth-order valence-corrected chi connectivity index (χ4v) is 3.37. The van der Waals surface area contributed by atoms with Crippen LogP contribution in [0.5, 0.6) is 0 Å². The molecule has 4 nitrogen and oxygen atoms in total. The van der Waals surface area contributed by atoms with Crippen LogP contribution in [0.25, 0.3) is 17.1 Å². The van der Waals surface area contributed by atoms with Gasteiger partial charge in [-0.05, 0) is 41.5 Å². The van der Waals surface area contributed by atoms with E-state index in [-0.39, 0.29) is 6.42 Å². The third-order valence-corrected chi connectivity index (χ3v) is 4.76. The van der Waals surface area contributed by atoms with E-state index < -0.39 is 11.6 Å². The van der Waals surface area contributed by atoms with Gasteiger partial charge in [0, 0.05) is 17.5 Å². The number of hydrogen-bond donors (Lipinski definition) is 0. The highest BCUT2D eigenvalue weighted by molar-refractivity contribution is 7.17. The van der Waals surface area contributed by atoms with E-state index in [1.54, 1.807) is 4.52 Å². The van der Waals surface area contributed by atoms with E-state index in [2.05, 4.69) is 15.3 Å². The number of aromatic nitrogens is 4. The molecule has 0 bridgehead atoms. The number of fused-ring (bicyclic) bond motifs is 1. The maximum Gasteiger partial charge on any atom is 0.234 e. The lowest BCUT2D eigenvalue weighted by atomic mass is 10.1. The Labute approximate surface area is 156 Å². The first-order chi connectivity index (χ1) is 12.6. The summed E-state index contributed by atoms with van der Waals surface area (Å²) in [6.07, 6.45) is 4.03. The van der Waals surface area contributed by atoms with Gasteiger partial charge in [0.25, 0.3) is 0 Å². The lowest BCUT2D eigenvalue weighted by Gasteiger charge is -1.99. The van der Waals surface area contributed by atoms with E-state index in [0.29, 0.717) is 21.4 Å². The lowest BCUT2D eigenvalue weighted by Crippen LogP contribution is -1.99. The minimum Gasteiger partial charge on any atom is -0.207 e. The fraction of sp³-hybridized carbons (Fsp3) is 0.0556. The maximum absolute atomic E-state index is 13.3. The van der Waals surface area contributed by atoms with Gasteiger partial charge >= 0.3 is 0 Å². The Morgan fingerprint density at radius 3 is 2.46 bits per heavy atom. The van der Waals surface area contributed by atoms with Crippen molar-refractivity contribution in [2.75, 3.05) is 0 Å². The monoisotopic (exact) mass is 388 g/mol. The van der Waals surface area contributed by atoms with Crippen molar-refractivity contribution in [2.24, 2.45) is 0 Å². The average molecular weight is 389 g/mol. The van der Waals surface area contributed by atoms with E-state index >= 15 is 0 Å². The van der Waals surface area contributed by atoms with Gasteiger partial charge in [-0.3, -0.25) is 0 Å². The molecule has 0 unspecified atom stereocenters. The zero-order valence-electron chi connectivity index (χ0n) is 13.2. The molecule has 0 aliphatic heterocycles. The Kier molecular flexibility index (Phi) is 4.48. The van der Waals surface area contributed by atoms with Gasteiger partial charge in [-0.1, -0.05) is 41.1 Å². The van der Waals surface area contributed by atoms with Crippen molar-refractivity contribution >= 4 is 40.1 Å². The quantitative estimate of drug-likeness (QED) is 0.500. The Morgan fingerprint density at radius 1 is 1.00 bits per heavy atom. The van der Waals surface area contributed by atoms with Crippen molar-refractivity contribution in [2.45, 2.75) is 6.42 Å². The second-order valence-electron chi connectivity index (χ2n) is 5.59. The summed E-state index contributed by atoms with van der Waals surface area (Å²) in [5, 5.41) is 14.0. The second-order valence-corrected chi connectivity index (χ2v) is 7.01. The van der Waals surface area contributed by atoms with Gasteiger partial charge in [0.1, 0.15) is 16.6 Å². The third kappa shape index (κ3) is 3.63. The number of nitrogens with zero attached hydrogens (tertiary/aromatic N) is 4. The molecule has 4 rings (SSSR count). The summed E-state index contributed by atoms with van der Waals surface area (Å²) in [6, 6.07) is 10.8. The van der Waals surface area contributed by atoms with Crippen molar-refractivity contribution in [1.82, 2.24) is 19.8 Å². The molecule has 2 aromatic heterocycles. The molecule has 0 N–H and O–H groups in total. The van der Waals surface area contributed by atoms with Crippen LogP contribution in [0.3, 0.4) is 0 Å². The number of halogens is 3. The Bertz CT molecular complexity index is 1080. The highest BCUT2D eigenvalue weighted by Gasteiger charge is 2.12. The summed E-state index contributed by atoms with van der Waals surface area (Å²) >= 11 is 7.25. The lowest BCUT2D eigenvalue weighted by molar-refractivity contribution is 0.580. The molecule has 0 fully saturated rings. The van der Waals surface area contributed by atoms with Gasteiger partial charge in [-0.15, -0.1) is 10.2 Å². The van der Waals surface area contributed by atoms with Crippen LogP contribution >= 0.6 is 22.9 Å². The average Bonchev–Trinajstić information content (AvgIpc) is 3.15. The second kappa shape index (κ2) is 6.93. The van der Waals surface area contributed by atoms with E-state index in [9.17, 15) is 8.78 Å². The fourth-order valence-electron chi connectivity index (χ4n) is 2.49. The Hall–Kier alpha value is -2.64. The molecule has 26 heavy (non-hydrogen) atoms. The predicted octanol–water partition coefficient (Wildman–Crippen LogP) is 4.88. The number of benzene rings is 2. The molecule has 0 aliphatic carbocycles. The van der Waals surface area contributed by atoms with Crippen LogP contribution < -0.4 is 0 Å². The number of rotatable bonds is 4. The minimum absolute atomic E-state index is 0.236. The SMILES string of the molecule is Fc1cc(F)cc(Cc2nnc3sc(/C=C/c4ccc(Cl)cc4)nn23)c1. The highest BCUT2D eigenvalue weighted by Crippen LogP contribution is 2.19. The van der Waals surface area contributed by atoms with E-state index in [0.717, 1.165) is 16.6 Å². The molecule has 4 aromatic rings. The number of hydrogen-bond acceptors (Lipinski definition) is 4. The van der Waals surface area contributed by atoms with E-state index in [4.69, 9.17) is 11.6 Å². The van der Waals surface area contributed by atoms with Crippen LogP contribution in [-0.4, -0.2) is 19.8 Å². The molecule has 0 aliphatic rings. The summed E-state index contributed by atoms with van der Waals surface area (Å²) in [5.41, 5.74) is 1.47. The molecule has 130 valence electrons. The van der Waals surface area contributed by atoms with Gasteiger partial charge in [-0.25, -0.2) is 8.78 Å². The largest absolute Gasteiger partial charge is 0.234 e. The Morgan fingerprint density at radius 2 is 1.73 bits per heavy atom. The first-order valence-corrected chi connectivity index (χ1v) is 8.86. The molecule has 0 saturated heterocycles. The van der Waals surface area contributed by atoms with Crippen molar-refractivity contribution in [1.29, 1.82) is 0 Å². The first-order valence-electron chi connectivity index (χ1n) is 7.66. The summed E-state index contributed by atoms with van der Waals surface area (Å²) < 4.78 is 28.3. The van der Waals surface area contributed by atoms with Crippen LogP contribution in [0.2, 0.25) is 5.02 Å². The molecule has 8 heteroatoms. The molecule has 0 saturated carbocycles. The molecule has 2 heterocycles. The van der Waals surface area contributed by atoms with Crippen molar-refractivity contribution in [3.8, 4) is 0 Å². The summed E-state index contributed by atoms with van der Waals surface area (Å²) in [5.74, 6) is -0.719. The summed E-state index contributed by atoms with van der Waals surface area (Å²) in [7, 11) is 0. The highest BCUT2D eigenvalue weighted by atomic mass is 35.5. The van der Waals surface area contributed by atoms with Crippen LogP contribution in [0.15, 0.2) is 42.5 Å². The van der Waals surface area contributed by atoms with Gasteiger partial charge in [0.15, 0.2) is 5.82 Å². The summed E-state index contributed by atoms with van der Waals surface area (Å²) in [6.45, 7) is 0. The normalized spacial score (nSPS) is 11.7. The van der Waals surface area contributed by atoms with Crippen molar-refractivity contribution in [3.05, 3.63) is 81.1 Å². The molecule has 0 radical (unpaired) electrons. The molecule has 2 aromatic carbocycles. The molecule has 0 atom stereocenters. The minimum atomic E-state index is -0.620. The zero-order valence-corrected chi connectivity index (χ0v) is 14.8. The van der Waals surface area contributed by atoms with E-state index in [1.807, 2.05) is 36.4 Å². The maximum atomic E-state index is 13.3. The van der Waals surface area contributed by atoms with Crippen LogP contribution in [0.4, 0.5) is 8.78 Å². The van der Waals surface area contributed by atoms with Crippen LogP contribution in [0, 0.1) is 11.6 Å².